The van der Waals surface area contributed by atoms with Gasteiger partial charge in [-0.15, -0.1) is 0 Å². The summed E-state index contributed by atoms with van der Waals surface area (Å²) in [5.74, 6) is 1.25. The first-order valence-electron chi connectivity index (χ1n) is 6.97. The van der Waals surface area contributed by atoms with Gasteiger partial charge in [-0.05, 0) is 30.7 Å². The molecule has 2 aromatic carbocycles. The highest BCUT2D eigenvalue weighted by atomic mass is 16.5. The van der Waals surface area contributed by atoms with Crippen LogP contribution < -0.4 is 25.3 Å². The molecule has 23 heavy (non-hydrogen) atoms. The molecule has 0 spiro atoms. The molecule has 0 radical (unpaired) electrons. The van der Waals surface area contributed by atoms with Gasteiger partial charge in [0.05, 0.1) is 27.0 Å². The minimum absolute atomic E-state index is 0.267. The summed E-state index contributed by atoms with van der Waals surface area (Å²) in [6, 6.07) is 8.59. The van der Waals surface area contributed by atoms with E-state index in [-0.39, 0.29) is 17.2 Å². The van der Waals surface area contributed by atoms with E-state index in [9.17, 15) is 4.79 Å². The lowest BCUT2D eigenvalue weighted by Gasteiger charge is -2.15. The number of ether oxygens (including phenoxy) is 3. The Balaban J connectivity index is 2.34. The minimum atomic E-state index is -0.352. The van der Waals surface area contributed by atoms with Gasteiger partial charge in [-0.2, -0.15) is 0 Å². The lowest BCUT2D eigenvalue weighted by molar-refractivity contribution is 0.102. The molecule has 0 aliphatic carbocycles. The number of carbonyl (C=O) groups is 1. The van der Waals surface area contributed by atoms with Crippen molar-refractivity contribution in [2.75, 3.05) is 32.4 Å². The van der Waals surface area contributed by atoms with Crippen molar-refractivity contribution in [3.05, 3.63) is 41.5 Å². The largest absolute Gasteiger partial charge is 0.497 e. The maximum absolute atomic E-state index is 12.6. The number of carbonyl (C=O) groups excluding carboxylic acids is 1. The maximum atomic E-state index is 12.6. The van der Waals surface area contributed by atoms with Crippen LogP contribution in [0.2, 0.25) is 0 Å². The topological polar surface area (TPSA) is 82.8 Å². The van der Waals surface area contributed by atoms with Gasteiger partial charge in [0.1, 0.15) is 22.8 Å². The molecule has 0 atom stereocenters. The number of nitrogens with two attached hydrogens (primary N) is 1. The van der Waals surface area contributed by atoms with Crippen LogP contribution in [0.15, 0.2) is 30.3 Å². The SMILES string of the molecule is COc1ccc(NC(=O)c2c(N)cc(OC)cc2OC)c(C)c1. The van der Waals surface area contributed by atoms with Gasteiger partial charge in [0.15, 0.2) is 0 Å². The molecule has 0 aliphatic heterocycles. The van der Waals surface area contributed by atoms with E-state index in [1.54, 1.807) is 31.4 Å². The van der Waals surface area contributed by atoms with Crippen molar-refractivity contribution >= 4 is 17.3 Å². The van der Waals surface area contributed by atoms with E-state index < -0.39 is 0 Å². The Kier molecular flexibility index (Phi) is 4.95. The van der Waals surface area contributed by atoms with Gasteiger partial charge in [0.25, 0.3) is 5.91 Å². The second kappa shape index (κ2) is 6.91. The lowest BCUT2D eigenvalue weighted by atomic mass is 10.1. The number of amides is 1. The van der Waals surface area contributed by atoms with Gasteiger partial charge in [0, 0.05) is 17.8 Å². The normalized spacial score (nSPS) is 10.1. The Labute approximate surface area is 135 Å². The van der Waals surface area contributed by atoms with E-state index in [0.717, 1.165) is 11.3 Å². The molecule has 6 heteroatoms. The smallest absolute Gasteiger partial charge is 0.261 e. The molecule has 6 nitrogen and oxygen atoms in total. The molecule has 0 saturated carbocycles. The molecule has 0 aliphatic rings. The quantitative estimate of drug-likeness (QED) is 0.829. The Hall–Kier alpha value is -2.89. The summed E-state index contributed by atoms with van der Waals surface area (Å²) in [4.78, 5) is 12.6. The number of methoxy groups -OCH3 is 3. The van der Waals surface area contributed by atoms with E-state index in [1.807, 2.05) is 13.0 Å². The fraction of sp³-hybridized carbons (Fsp3) is 0.235. The van der Waals surface area contributed by atoms with Crippen molar-refractivity contribution in [3.8, 4) is 17.2 Å². The third-order valence-corrected chi connectivity index (χ3v) is 3.47. The lowest BCUT2D eigenvalue weighted by Crippen LogP contribution is -2.16. The number of anilines is 2. The molecule has 0 unspecified atom stereocenters. The summed E-state index contributed by atoms with van der Waals surface area (Å²) < 4.78 is 15.5. The second-order valence-corrected chi connectivity index (χ2v) is 4.93. The molecule has 0 bridgehead atoms. The van der Waals surface area contributed by atoms with Crippen LogP contribution in [-0.4, -0.2) is 27.2 Å². The van der Waals surface area contributed by atoms with E-state index in [0.29, 0.717) is 17.2 Å². The Bertz CT molecular complexity index is 729. The molecule has 2 aromatic rings. The van der Waals surface area contributed by atoms with Gasteiger partial charge in [-0.3, -0.25) is 4.79 Å². The van der Waals surface area contributed by atoms with Crippen molar-refractivity contribution in [2.24, 2.45) is 0 Å². The number of hydrogen-bond donors (Lipinski definition) is 2. The molecule has 3 N–H and O–H groups in total. The second-order valence-electron chi connectivity index (χ2n) is 4.93. The third-order valence-electron chi connectivity index (χ3n) is 3.47. The van der Waals surface area contributed by atoms with Crippen molar-refractivity contribution in [1.29, 1.82) is 0 Å². The zero-order chi connectivity index (χ0) is 17.0. The van der Waals surface area contributed by atoms with E-state index in [4.69, 9.17) is 19.9 Å². The van der Waals surface area contributed by atoms with Crippen LogP contribution >= 0.6 is 0 Å². The third kappa shape index (κ3) is 3.48. The molecular formula is C17H20N2O4. The highest BCUT2D eigenvalue weighted by Crippen LogP contribution is 2.31. The van der Waals surface area contributed by atoms with Gasteiger partial charge in [-0.1, -0.05) is 0 Å². The Morgan fingerprint density at radius 2 is 1.70 bits per heavy atom. The Morgan fingerprint density at radius 3 is 2.26 bits per heavy atom. The average Bonchev–Trinajstić information content (AvgIpc) is 2.55. The molecule has 0 fully saturated rings. The molecule has 122 valence electrons. The summed E-state index contributed by atoms with van der Waals surface area (Å²) in [6.07, 6.45) is 0. The van der Waals surface area contributed by atoms with E-state index >= 15 is 0 Å². The van der Waals surface area contributed by atoms with Crippen LogP contribution in [-0.2, 0) is 0 Å². The molecule has 0 saturated heterocycles. The van der Waals surface area contributed by atoms with E-state index in [1.165, 1.54) is 14.2 Å². The van der Waals surface area contributed by atoms with E-state index in [2.05, 4.69) is 5.32 Å². The number of hydrogen-bond acceptors (Lipinski definition) is 5. The number of aryl methyl sites for hydroxylation is 1. The molecule has 1 amide bonds. The number of nitrogens with one attached hydrogen (secondary N) is 1. The molecule has 0 aromatic heterocycles. The summed E-state index contributed by atoms with van der Waals surface area (Å²) >= 11 is 0. The first kappa shape index (κ1) is 16.5. The summed E-state index contributed by atoms with van der Waals surface area (Å²) in [5.41, 5.74) is 8.07. The fourth-order valence-corrected chi connectivity index (χ4v) is 2.22. The maximum Gasteiger partial charge on any atom is 0.261 e. The van der Waals surface area contributed by atoms with Gasteiger partial charge >= 0.3 is 0 Å². The van der Waals surface area contributed by atoms with Gasteiger partial charge in [-0.25, -0.2) is 0 Å². The van der Waals surface area contributed by atoms with Crippen LogP contribution in [0.5, 0.6) is 17.2 Å². The highest BCUT2D eigenvalue weighted by Gasteiger charge is 2.18. The van der Waals surface area contributed by atoms with Crippen LogP contribution in [0.25, 0.3) is 0 Å². The first-order chi connectivity index (χ1) is 11.0. The predicted octanol–water partition coefficient (Wildman–Crippen LogP) is 2.86. The fourth-order valence-electron chi connectivity index (χ4n) is 2.22. The predicted molar refractivity (Wildman–Crippen MR) is 89.6 cm³/mol. The van der Waals surface area contributed by atoms with Crippen molar-refractivity contribution in [2.45, 2.75) is 6.92 Å². The first-order valence-corrected chi connectivity index (χ1v) is 6.97. The van der Waals surface area contributed by atoms with Crippen LogP contribution in [0.4, 0.5) is 11.4 Å². The molecular weight excluding hydrogens is 296 g/mol. The van der Waals surface area contributed by atoms with Crippen LogP contribution in [0.3, 0.4) is 0 Å². The summed E-state index contributed by atoms with van der Waals surface area (Å²) in [6.45, 7) is 1.88. The highest BCUT2D eigenvalue weighted by molar-refractivity contribution is 6.10. The van der Waals surface area contributed by atoms with Crippen LogP contribution in [0, 0.1) is 6.92 Å². The van der Waals surface area contributed by atoms with Gasteiger partial charge in [0.2, 0.25) is 0 Å². The van der Waals surface area contributed by atoms with Crippen molar-refractivity contribution < 1.29 is 19.0 Å². The number of benzene rings is 2. The average molecular weight is 316 g/mol. The molecule has 2 rings (SSSR count). The zero-order valence-corrected chi connectivity index (χ0v) is 13.6. The summed E-state index contributed by atoms with van der Waals surface area (Å²) in [7, 11) is 4.59. The monoisotopic (exact) mass is 316 g/mol. The standard InChI is InChI=1S/C17H20N2O4/c1-10-7-11(21-2)5-6-14(10)19-17(20)16-13(18)8-12(22-3)9-15(16)23-4/h5-9H,18H2,1-4H3,(H,19,20). The minimum Gasteiger partial charge on any atom is -0.497 e. The zero-order valence-electron chi connectivity index (χ0n) is 13.6. The van der Waals surface area contributed by atoms with Crippen molar-refractivity contribution in [3.63, 3.8) is 0 Å². The number of nitrogen functional groups attached to an aromatic ring is 1. The van der Waals surface area contributed by atoms with Crippen LogP contribution in [0.1, 0.15) is 15.9 Å². The van der Waals surface area contributed by atoms with Crippen molar-refractivity contribution in [1.82, 2.24) is 0 Å². The number of rotatable bonds is 5. The molecule has 0 heterocycles. The summed E-state index contributed by atoms with van der Waals surface area (Å²) in [5, 5.41) is 2.84. The Morgan fingerprint density at radius 1 is 1.00 bits per heavy atom. The van der Waals surface area contributed by atoms with Gasteiger partial charge < -0.3 is 25.3 Å².